The summed E-state index contributed by atoms with van der Waals surface area (Å²) in [6.45, 7) is 5.85. The number of carbonyl (C=O) groups is 1. The number of likely N-dealkylation sites (tertiary alicyclic amines) is 1. The normalized spacial score (nSPS) is 16.9. The highest BCUT2D eigenvalue weighted by molar-refractivity contribution is 5.80. The van der Waals surface area contributed by atoms with Gasteiger partial charge in [0.1, 0.15) is 0 Å². The fourth-order valence-corrected chi connectivity index (χ4v) is 4.99. The summed E-state index contributed by atoms with van der Waals surface area (Å²) in [5.74, 6) is 0.575. The maximum atomic E-state index is 12.4. The molecule has 0 atom stereocenters. The molecule has 1 amide bonds. The van der Waals surface area contributed by atoms with E-state index in [-0.39, 0.29) is 12.0 Å². The Morgan fingerprint density at radius 3 is 2.56 bits per heavy atom. The third-order valence-electron chi connectivity index (χ3n) is 7.48. The lowest BCUT2D eigenvalue weighted by Crippen LogP contribution is -2.53. The molecule has 6 rings (SSSR count). The molecule has 1 saturated heterocycles. The van der Waals surface area contributed by atoms with Crippen LogP contribution in [0.3, 0.4) is 0 Å². The van der Waals surface area contributed by atoms with Crippen molar-refractivity contribution in [2.45, 2.75) is 58.0 Å². The summed E-state index contributed by atoms with van der Waals surface area (Å²) >= 11 is 0. The van der Waals surface area contributed by atoms with Gasteiger partial charge in [-0.05, 0) is 31.7 Å². The monoisotopic (exact) mass is 458 g/mol. The van der Waals surface area contributed by atoms with E-state index in [1.807, 2.05) is 49.6 Å². The smallest absolute Gasteiger partial charge is 0.225 e. The molecule has 0 N–H and O–H groups in total. The second kappa shape index (κ2) is 8.38. The minimum atomic E-state index is 0.226. The highest BCUT2D eigenvalue weighted by atomic mass is 16.2. The van der Waals surface area contributed by atoms with E-state index in [2.05, 4.69) is 35.3 Å². The van der Waals surface area contributed by atoms with Gasteiger partial charge in [-0.3, -0.25) is 14.2 Å². The molecule has 0 unspecified atom stereocenters. The van der Waals surface area contributed by atoms with E-state index in [1.165, 1.54) is 6.42 Å². The number of fused-ring (bicyclic) bond motifs is 1. The zero-order valence-electron chi connectivity index (χ0n) is 19.7. The first-order chi connectivity index (χ1) is 16.6. The molecule has 0 radical (unpaired) electrons. The van der Waals surface area contributed by atoms with E-state index in [0.29, 0.717) is 11.9 Å². The van der Waals surface area contributed by atoms with E-state index >= 15 is 0 Å². The molecule has 5 heterocycles. The number of carbonyl (C=O) groups excluding carboxylic acids is 1. The first kappa shape index (κ1) is 21.1. The van der Waals surface area contributed by atoms with Crippen molar-refractivity contribution < 1.29 is 4.79 Å². The summed E-state index contributed by atoms with van der Waals surface area (Å²) in [5, 5.41) is 13.7. The fourth-order valence-electron chi connectivity index (χ4n) is 4.99. The van der Waals surface area contributed by atoms with E-state index < -0.39 is 0 Å². The molecule has 0 aromatic carbocycles. The van der Waals surface area contributed by atoms with Crippen LogP contribution in [0.5, 0.6) is 0 Å². The van der Waals surface area contributed by atoms with E-state index in [1.54, 1.807) is 6.20 Å². The van der Waals surface area contributed by atoms with Crippen molar-refractivity contribution in [3.05, 3.63) is 43.2 Å². The Morgan fingerprint density at radius 1 is 1.03 bits per heavy atom. The highest BCUT2D eigenvalue weighted by Gasteiger charge is 2.37. The zero-order valence-corrected chi connectivity index (χ0v) is 19.7. The first-order valence-corrected chi connectivity index (χ1v) is 12.4. The molecular formula is C25H30N8O. The van der Waals surface area contributed by atoms with Crippen LogP contribution in [0.15, 0.2) is 43.2 Å². The number of rotatable bonds is 7. The van der Waals surface area contributed by atoms with Gasteiger partial charge in [0, 0.05) is 42.5 Å². The van der Waals surface area contributed by atoms with Gasteiger partial charge >= 0.3 is 0 Å². The minimum absolute atomic E-state index is 0.226. The molecule has 4 aromatic heterocycles. The summed E-state index contributed by atoms with van der Waals surface area (Å²) in [5.41, 5.74) is 4.55. The maximum Gasteiger partial charge on any atom is 0.225 e. The van der Waals surface area contributed by atoms with Gasteiger partial charge in [0.25, 0.3) is 0 Å². The lowest BCUT2D eigenvalue weighted by molar-refractivity contribution is -0.144. The van der Waals surface area contributed by atoms with Crippen LogP contribution in [0.1, 0.15) is 58.0 Å². The van der Waals surface area contributed by atoms with Gasteiger partial charge in [0.2, 0.25) is 5.91 Å². The SMILES string of the molecule is CCC(CC)n1cc(-c2nc(-c3cnn(C4CN(C(=O)C5CCC5)C4)c3)cn3nccc23)cn1. The minimum Gasteiger partial charge on any atom is -0.338 e. The molecule has 1 aliphatic heterocycles. The molecular weight excluding hydrogens is 428 g/mol. The van der Waals surface area contributed by atoms with Gasteiger partial charge in [0.05, 0.1) is 53.8 Å². The molecule has 2 aliphatic rings. The molecule has 176 valence electrons. The van der Waals surface area contributed by atoms with Gasteiger partial charge in [0.15, 0.2) is 0 Å². The van der Waals surface area contributed by atoms with Crippen LogP contribution in [0.4, 0.5) is 0 Å². The molecule has 34 heavy (non-hydrogen) atoms. The summed E-state index contributed by atoms with van der Waals surface area (Å²) in [6.07, 6.45) is 17.0. The average molecular weight is 459 g/mol. The van der Waals surface area contributed by atoms with Crippen LogP contribution in [0, 0.1) is 5.92 Å². The predicted octanol–water partition coefficient (Wildman–Crippen LogP) is 4.00. The molecule has 0 bridgehead atoms. The largest absolute Gasteiger partial charge is 0.338 e. The van der Waals surface area contributed by atoms with Crippen LogP contribution < -0.4 is 0 Å². The first-order valence-electron chi connectivity index (χ1n) is 12.4. The molecule has 9 nitrogen and oxygen atoms in total. The average Bonchev–Trinajstić information content (AvgIpc) is 3.52. The number of hydrogen-bond acceptors (Lipinski definition) is 5. The predicted molar refractivity (Wildman–Crippen MR) is 128 cm³/mol. The Bertz CT molecular complexity index is 1320. The number of amides is 1. The van der Waals surface area contributed by atoms with Crippen molar-refractivity contribution >= 4 is 11.4 Å². The number of hydrogen-bond donors (Lipinski definition) is 0. The van der Waals surface area contributed by atoms with Crippen molar-refractivity contribution in [2.75, 3.05) is 13.1 Å². The number of aromatic nitrogens is 7. The van der Waals surface area contributed by atoms with Crippen molar-refractivity contribution in [3.8, 4) is 22.5 Å². The van der Waals surface area contributed by atoms with E-state index in [0.717, 1.165) is 66.8 Å². The van der Waals surface area contributed by atoms with Gasteiger partial charge < -0.3 is 4.90 Å². The van der Waals surface area contributed by atoms with Gasteiger partial charge in [-0.1, -0.05) is 20.3 Å². The van der Waals surface area contributed by atoms with Crippen LogP contribution in [-0.4, -0.2) is 58.1 Å². The standard InChI is InChI=1S/C25H30N8O/c1-3-20(4-2)31-13-19(11-28-31)24-23-8-9-26-33(23)16-22(29-24)18-10-27-32(12-18)21-14-30(15-21)25(34)17-6-5-7-17/h8-13,16-17,20-21H,3-7,14-15H2,1-2H3. The van der Waals surface area contributed by atoms with Crippen molar-refractivity contribution in [3.63, 3.8) is 0 Å². The van der Waals surface area contributed by atoms with E-state index in [9.17, 15) is 4.79 Å². The molecule has 2 fully saturated rings. The van der Waals surface area contributed by atoms with Crippen molar-refractivity contribution in [1.29, 1.82) is 0 Å². The van der Waals surface area contributed by atoms with Gasteiger partial charge in [-0.2, -0.15) is 15.3 Å². The van der Waals surface area contributed by atoms with Gasteiger partial charge in [-0.25, -0.2) is 9.50 Å². The van der Waals surface area contributed by atoms with Crippen LogP contribution in [-0.2, 0) is 4.79 Å². The highest BCUT2D eigenvalue weighted by Crippen LogP contribution is 2.33. The quantitative estimate of drug-likeness (QED) is 0.418. The lowest BCUT2D eigenvalue weighted by atomic mass is 9.83. The molecule has 1 saturated carbocycles. The Kier molecular flexibility index (Phi) is 5.19. The third kappa shape index (κ3) is 3.50. The number of nitrogens with zero attached hydrogens (tertiary/aromatic N) is 8. The Hall–Kier alpha value is -3.49. The Morgan fingerprint density at radius 2 is 1.82 bits per heavy atom. The van der Waals surface area contributed by atoms with Crippen molar-refractivity contribution in [1.82, 2.24) is 39.1 Å². The maximum absolute atomic E-state index is 12.4. The van der Waals surface area contributed by atoms with Crippen LogP contribution in [0.2, 0.25) is 0 Å². The van der Waals surface area contributed by atoms with Crippen LogP contribution in [0.25, 0.3) is 28.0 Å². The fraction of sp³-hybridized carbons (Fsp3) is 0.480. The molecule has 9 heteroatoms. The summed E-state index contributed by atoms with van der Waals surface area (Å²) in [6, 6.07) is 2.59. The Labute approximate surface area is 198 Å². The topological polar surface area (TPSA) is 86.1 Å². The van der Waals surface area contributed by atoms with Crippen molar-refractivity contribution in [2.24, 2.45) is 5.92 Å². The summed E-state index contributed by atoms with van der Waals surface area (Å²) in [4.78, 5) is 19.4. The third-order valence-corrected chi connectivity index (χ3v) is 7.48. The van der Waals surface area contributed by atoms with E-state index in [4.69, 9.17) is 4.98 Å². The second-order valence-corrected chi connectivity index (χ2v) is 9.55. The molecule has 4 aromatic rings. The summed E-state index contributed by atoms with van der Waals surface area (Å²) in [7, 11) is 0. The summed E-state index contributed by atoms with van der Waals surface area (Å²) < 4.78 is 5.88. The Balaban J connectivity index is 1.26. The van der Waals surface area contributed by atoms with Gasteiger partial charge in [-0.15, -0.1) is 0 Å². The molecule has 0 spiro atoms. The molecule has 1 aliphatic carbocycles. The zero-order chi connectivity index (χ0) is 23.2. The van der Waals surface area contributed by atoms with Crippen LogP contribution >= 0.6 is 0 Å². The lowest BCUT2D eigenvalue weighted by Gasteiger charge is -2.42. The second-order valence-electron chi connectivity index (χ2n) is 9.55.